The summed E-state index contributed by atoms with van der Waals surface area (Å²) in [6.45, 7) is 2.59. The van der Waals surface area contributed by atoms with Gasteiger partial charge < -0.3 is 15.5 Å². The van der Waals surface area contributed by atoms with E-state index in [1.807, 2.05) is 0 Å². The van der Waals surface area contributed by atoms with Gasteiger partial charge in [-0.1, -0.05) is 12.1 Å². The number of amides is 2. The van der Waals surface area contributed by atoms with Gasteiger partial charge in [0.05, 0.1) is 0 Å². The summed E-state index contributed by atoms with van der Waals surface area (Å²) in [4.78, 5) is 26.1. The van der Waals surface area contributed by atoms with Crippen LogP contribution in [0.4, 0.5) is 15.8 Å². The summed E-state index contributed by atoms with van der Waals surface area (Å²) in [6.07, 6.45) is 4.44. The highest BCUT2D eigenvalue weighted by Crippen LogP contribution is 2.20. The van der Waals surface area contributed by atoms with Gasteiger partial charge in [-0.15, -0.1) is 0 Å². The van der Waals surface area contributed by atoms with E-state index in [1.54, 1.807) is 0 Å². The summed E-state index contributed by atoms with van der Waals surface area (Å²) in [6, 6.07) is 13.6. The van der Waals surface area contributed by atoms with E-state index < -0.39 is 17.6 Å². The molecule has 2 aromatic rings. The Kier molecular flexibility index (Phi) is 6.41. The molecule has 6 heteroatoms. The van der Waals surface area contributed by atoms with E-state index in [9.17, 15) is 14.0 Å². The van der Waals surface area contributed by atoms with Gasteiger partial charge >= 0.3 is 11.8 Å². The third-order valence-corrected chi connectivity index (χ3v) is 4.67. The van der Waals surface area contributed by atoms with Crippen LogP contribution in [0.5, 0.6) is 0 Å². The molecule has 0 aromatic heterocycles. The monoisotopic (exact) mass is 369 g/mol. The Hall–Kier alpha value is -2.89. The molecule has 1 aliphatic heterocycles. The molecule has 1 saturated heterocycles. The summed E-state index contributed by atoms with van der Waals surface area (Å²) in [5, 5.41) is 5.04. The molecule has 2 aromatic carbocycles. The third kappa shape index (κ3) is 5.54. The van der Waals surface area contributed by atoms with Crippen molar-refractivity contribution in [1.29, 1.82) is 0 Å². The molecule has 1 heterocycles. The quantitative estimate of drug-likeness (QED) is 0.796. The van der Waals surface area contributed by atoms with Crippen LogP contribution in [0.2, 0.25) is 0 Å². The minimum atomic E-state index is -0.762. The molecule has 0 atom stereocenters. The first-order valence-electron chi connectivity index (χ1n) is 9.30. The fourth-order valence-corrected chi connectivity index (χ4v) is 3.15. The van der Waals surface area contributed by atoms with Crippen LogP contribution in [0, 0.1) is 5.82 Å². The predicted molar refractivity (Wildman–Crippen MR) is 104 cm³/mol. The highest BCUT2D eigenvalue weighted by atomic mass is 19.1. The van der Waals surface area contributed by atoms with Crippen LogP contribution in [0.1, 0.15) is 24.8 Å². The smallest absolute Gasteiger partial charge is 0.313 e. The molecule has 0 saturated carbocycles. The second kappa shape index (κ2) is 9.16. The van der Waals surface area contributed by atoms with Gasteiger partial charge in [-0.2, -0.15) is 0 Å². The van der Waals surface area contributed by atoms with Gasteiger partial charge in [-0.25, -0.2) is 4.39 Å². The van der Waals surface area contributed by atoms with E-state index in [1.165, 1.54) is 49.2 Å². The molecule has 1 fully saturated rings. The van der Waals surface area contributed by atoms with E-state index in [2.05, 4.69) is 39.8 Å². The summed E-state index contributed by atoms with van der Waals surface area (Å²) < 4.78 is 12.8. The lowest BCUT2D eigenvalue weighted by Crippen LogP contribution is -2.36. The van der Waals surface area contributed by atoms with Crippen LogP contribution < -0.4 is 15.5 Å². The molecular formula is C21H24FN3O2. The summed E-state index contributed by atoms with van der Waals surface area (Å²) in [5.74, 6) is -1.87. The fourth-order valence-electron chi connectivity index (χ4n) is 3.15. The minimum absolute atomic E-state index is 0.374. The Morgan fingerprint density at radius 2 is 1.56 bits per heavy atom. The van der Waals surface area contributed by atoms with Crippen molar-refractivity contribution in [3.63, 3.8) is 0 Å². The second-order valence-corrected chi connectivity index (χ2v) is 6.68. The number of rotatable bonds is 5. The molecule has 2 N–H and O–H groups in total. The van der Waals surface area contributed by atoms with Gasteiger partial charge in [0.1, 0.15) is 5.82 Å². The second-order valence-electron chi connectivity index (χ2n) is 6.68. The average Bonchev–Trinajstić information content (AvgIpc) is 2.71. The van der Waals surface area contributed by atoms with E-state index in [4.69, 9.17) is 0 Å². The molecule has 0 radical (unpaired) electrons. The van der Waals surface area contributed by atoms with Crippen LogP contribution >= 0.6 is 0 Å². The minimum Gasteiger partial charge on any atom is -0.372 e. The van der Waals surface area contributed by atoms with Gasteiger partial charge in [0.25, 0.3) is 0 Å². The number of carbonyl (C=O) groups is 2. The number of nitrogens with zero attached hydrogens (tertiary/aromatic N) is 1. The maximum Gasteiger partial charge on any atom is 0.313 e. The Morgan fingerprint density at radius 3 is 2.22 bits per heavy atom. The van der Waals surface area contributed by atoms with Gasteiger partial charge in [0, 0.05) is 31.0 Å². The normalized spacial score (nSPS) is 13.9. The summed E-state index contributed by atoms with van der Waals surface area (Å²) in [7, 11) is 0. The Labute approximate surface area is 158 Å². The zero-order valence-electron chi connectivity index (χ0n) is 15.2. The van der Waals surface area contributed by atoms with Crippen molar-refractivity contribution in [2.24, 2.45) is 0 Å². The first-order chi connectivity index (χ1) is 13.1. The highest BCUT2D eigenvalue weighted by molar-refractivity contribution is 6.39. The lowest BCUT2D eigenvalue weighted by molar-refractivity contribution is -0.136. The number of hydrogen-bond donors (Lipinski definition) is 2. The number of carbonyl (C=O) groups excluding carboxylic acids is 2. The number of benzene rings is 2. The van der Waals surface area contributed by atoms with Crippen LogP contribution in [0.3, 0.4) is 0 Å². The zero-order valence-corrected chi connectivity index (χ0v) is 15.2. The summed E-state index contributed by atoms with van der Waals surface area (Å²) in [5.41, 5.74) is 2.72. The van der Waals surface area contributed by atoms with E-state index in [0.29, 0.717) is 18.7 Å². The van der Waals surface area contributed by atoms with Gasteiger partial charge in [-0.3, -0.25) is 9.59 Å². The van der Waals surface area contributed by atoms with Crippen LogP contribution in [0.15, 0.2) is 48.5 Å². The number of hydrogen-bond acceptors (Lipinski definition) is 3. The topological polar surface area (TPSA) is 61.4 Å². The molecular weight excluding hydrogens is 345 g/mol. The standard InChI is InChI=1S/C21H24FN3O2/c22-17-6-8-18(9-7-17)24-21(27)20(26)23-13-12-16-4-10-19(11-5-16)25-14-2-1-3-15-25/h4-11H,1-3,12-15H2,(H,23,26)(H,24,27). The van der Waals surface area contributed by atoms with Crippen LogP contribution in [-0.2, 0) is 16.0 Å². The maximum atomic E-state index is 12.8. The number of halogens is 1. The number of piperidine rings is 1. The van der Waals surface area contributed by atoms with Gasteiger partial charge in [0.2, 0.25) is 0 Å². The van der Waals surface area contributed by atoms with Gasteiger partial charge in [-0.05, 0) is 67.6 Å². The van der Waals surface area contributed by atoms with Crippen molar-refractivity contribution in [3.05, 3.63) is 59.9 Å². The average molecular weight is 369 g/mol. The number of anilines is 2. The fraction of sp³-hybridized carbons (Fsp3) is 0.333. The summed E-state index contributed by atoms with van der Waals surface area (Å²) >= 11 is 0. The molecule has 5 nitrogen and oxygen atoms in total. The van der Waals surface area contributed by atoms with Gasteiger partial charge in [0.15, 0.2) is 0 Å². The van der Waals surface area contributed by atoms with Crippen molar-refractivity contribution >= 4 is 23.2 Å². The molecule has 0 bridgehead atoms. The van der Waals surface area contributed by atoms with Crippen molar-refractivity contribution in [2.75, 3.05) is 29.9 Å². The van der Waals surface area contributed by atoms with Crippen molar-refractivity contribution in [3.8, 4) is 0 Å². The Morgan fingerprint density at radius 1 is 0.889 bits per heavy atom. The molecule has 0 unspecified atom stereocenters. The molecule has 0 aliphatic carbocycles. The maximum absolute atomic E-state index is 12.8. The van der Waals surface area contributed by atoms with E-state index in [-0.39, 0.29) is 0 Å². The van der Waals surface area contributed by atoms with E-state index in [0.717, 1.165) is 18.7 Å². The molecule has 27 heavy (non-hydrogen) atoms. The molecule has 1 aliphatic rings. The van der Waals surface area contributed by atoms with Crippen molar-refractivity contribution in [1.82, 2.24) is 5.32 Å². The molecule has 142 valence electrons. The predicted octanol–water partition coefficient (Wildman–Crippen LogP) is 3.11. The third-order valence-electron chi connectivity index (χ3n) is 4.67. The number of nitrogens with one attached hydrogen (secondary N) is 2. The molecule has 2 amide bonds. The zero-order chi connectivity index (χ0) is 19.1. The lowest BCUT2D eigenvalue weighted by Gasteiger charge is -2.28. The molecule has 3 rings (SSSR count). The van der Waals surface area contributed by atoms with Crippen LogP contribution in [0.25, 0.3) is 0 Å². The van der Waals surface area contributed by atoms with Crippen molar-refractivity contribution < 1.29 is 14.0 Å². The Balaban J connectivity index is 1.42. The SMILES string of the molecule is O=C(NCCc1ccc(N2CCCCC2)cc1)C(=O)Nc1ccc(F)cc1. The van der Waals surface area contributed by atoms with Crippen molar-refractivity contribution in [2.45, 2.75) is 25.7 Å². The Bertz CT molecular complexity index is 769. The van der Waals surface area contributed by atoms with Crippen LogP contribution in [-0.4, -0.2) is 31.4 Å². The largest absolute Gasteiger partial charge is 0.372 e. The lowest BCUT2D eigenvalue weighted by atomic mass is 10.1. The van der Waals surface area contributed by atoms with E-state index >= 15 is 0 Å². The highest BCUT2D eigenvalue weighted by Gasteiger charge is 2.13. The first kappa shape index (κ1) is 18.9. The first-order valence-corrected chi connectivity index (χ1v) is 9.30. The molecule has 0 spiro atoms.